The van der Waals surface area contributed by atoms with Crippen LogP contribution in [0.2, 0.25) is 0 Å². The molecule has 1 aliphatic rings. The van der Waals surface area contributed by atoms with Crippen molar-refractivity contribution in [2.45, 2.75) is 39.3 Å². The molecule has 15 heavy (non-hydrogen) atoms. The third kappa shape index (κ3) is 3.80. The molecule has 0 aromatic heterocycles. The predicted octanol–water partition coefficient (Wildman–Crippen LogP) is 0.310. The average Bonchev–Trinajstić information content (AvgIpc) is 2.28. The van der Waals surface area contributed by atoms with Gasteiger partial charge in [0.05, 0.1) is 6.10 Å². The van der Waals surface area contributed by atoms with E-state index in [9.17, 15) is 9.90 Å². The molecule has 1 saturated heterocycles. The predicted molar refractivity (Wildman–Crippen MR) is 59.6 cm³/mol. The first-order chi connectivity index (χ1) is 7.00. The van der Waals surface area contributed by atoms with Crippen molar-refractivity contribution in [3.05, 3.63) is 0 Å². The topological polar surface area (TPSA) is 43.8 Å². The van der Waals surface area contributed by atoms with Crippen LogP contribution in [-0.4, -0.2) is 59.1 Å². The van der Waals surface area contributed by atoms with Crippen molar-refractivity contribution < 1.29 is 9.90 Å². The van der Waals surface area contributed by atoms with Crippen molar-refractivity contribution in [3.8, 4) is 0 Å². The summed E-state index contributed by atoms with van der Waals surface area (Å²) in [6.45, 7) is 8.96. The molecule has 0 radical (unpaired) electrons. The van der Waals surface area contributed by atoms with E-state index in [0.717, 1.165) is 19.6 Å². The summed E-state index contributed by atoms with van der Waals surface area (Å²) in [6.07, 6.45) is 0.260. The molecule has 1 heterocycles. The summed E-state index contributed by atoms with van der Waals surface area (Å²) < 4.78 is 0. The minimum atomic E-state index is -0.314. The van der Waals surface area contributed by atoms with Crippen molar-refractivity contribution in [2.75, 3.05) is 26.2 Å². The molecule has 88 valence electrons. The maximum atomic E-state index is 11.7. The van der Waals surface area contributed by atoms with E-state index in [1.54, 1.807) is 6.92 Å². The lowest BCUT2D eigenvalue weighted by Gasteiger charge is -2.25. The van der Waals surface area contributed by atoms with Gasteiger partial charge in [-0.3, -0.25) is 9.69 Å². The summed E-state index contributed by atoms with van der Waals surface area (Å²) in [5.41, 5.74) is 0. The zero-order valence-corrected chi connectivity index (χ0v) is 9.94. The number of hydrogen-bond donors (Lipinski definition) is 1. The molecule has 1 unspecified atom stereocenters. The number of hydrogen-bond acceptors (Lipinski definition) is 3. The van der Waals surface area contributed by atoms with Gasteiger partial charge in [0.1, 0.15) is 0 Å². The van der Waals surface area contributed by atoms with Gasteiger partial charge in [-0.1, -0.05) is 0 Å². The van der Waals surface area contributed by atoms with Crippen LogP contribution in [0.3, 0.4) is 0 Å². The molecule has 1 rings (SSSR count). The number of carbonyl (C=O) groups excluding carboxylic acids is 1. The van der Waals surface area contributed by atoms with Gasteiger partial charge in [0.25, 0.3) is 0 Å². The molecule has 1 amide bonds. The van der Waals surface area contributed by atoms with Crippen LogP contribution in [0.15, 0.2) is 0 Å². The highest BCUT2D eigenvalue weighted by atomic mass is 16.3. The lowest BCUT2D eigenvalue weighted by Crippen LogP contribution is -2.39. The van der Waals surface area contributed by atoms with Gasteiger partial charge in [0, 0.05) is 38.6 Å². The maximum Gasteiger partial charge on any atom is 0.224 e. The summed E-state index contributed by atoms with van der Waals surface area (Å²) >= 11 is 0. The minimum Gasteiger partial charge on any atom is -0.392 e. The van der Waals surface area contributed by atoms with Crippen LogP contribution in [0.4, 0.5) is 0 Å². The summed E-state index contributed by atoms with van der Waals surface area (Å²) in [5, 5.41) is 9.30. The Bertz CT molecular complexity index is 217. The van der Waals surface area contributed by atoms with Gasteiger partial charge in [-0.15, -0.1) is 0 Å². The molecule has 0 bridgehead atoms. The molecule has 0 spiro atoms. The van der Waals surface area contributed by atoms with Crippen molar-refractivity contribution in [2.24, 2.45) is 0 Å². The van der Waals surface area contributed by atoms with Gasteiger partial charge >= 0.3 is 0 Å². The number of β-amino-alcohol motifs (C(OH)–C–C–N with tert-alkyl or cyclic N) is 1. The molecule has 1 atom stereocenters. The molecule has 4 heteroatoms. The third-order valence-electron chi connectivity index (χ3n) is 2.77. The molecule has 0 aromatic rings. The first-order valence-electron chi connectivity index (χ1n) is 5.70. The van der Waals surface area contributed by atoms with Crippen LogP contribution < -0.4 is 0 Å². The Balaban J connectivity index is 2.50. The zero-order valence-electron chi connectivity index (χ0n) is 9.94. The van der Waals surface area contributed by atoms with Crippen LogP contribution in [-0.2, 0) is 4.79 Å². The lowest BCUT2D eigenvalue weighted by molar-refractivity contribution is -0.131. The summed E-state index contributed by atoms with van der Waals surface area (Å²) in [6, 6.07) is 0.281. The smallest absolute Gasteiger partial charge is 0.224 e. The van der Waals surface area contributed by atoms with Gasteiger partial charge in [-0.25, -0.2) is 0 Å². The molecule has 1 aliphatic heterocycles. The maximum absolute atomic E-state index is 11.7. The Morgan fingerprint density at radius 1 is 1.27 bits per heavy atom. The van der Waals surface area contributed by atoms with E-state index in [4.69, 9.17) is 0 Å². The fourth-order valence-corrected chi connectivity index (χ4v) is 1.99. The fourth-order valence-electron chi connectivity index (χ4n) is 1.99. The fraction of sp³-hybridized carbons (Fsp3) is 0.909. The molecule has 0 aromatic carbocycles. The van der Waals surface area contributed by atoms with E-state index in [2.05, 4.69) is 4.90 Å². The Hall–Kier alpha value is -0.610. The van der Waals surface area contributed by atoms with Crippen molar-refractivity contribution in [3.63, 3.8) is 0 Å². The summed E-state index contributed by atoms with van der Waals surface area (Å²) in [7, 11) is 0. The van der Waals surface area contributed by atoms with Crippen LogP contribution in [0.1, 0.15) is 27.2 Å². The first kappa shape index (κ1) is 12.5. The molecule has 0 aliphatic carbocycles. The normalized spacial score (nSPS) is 21.9. The number of nitrogens with zero attached hydrogens (tertiary/aromatic N) is 2. The van der Waals surface area contributed by atoms with E-state index in [0.29, 0.717) is 13.0 Å². The highest BCUT2D eigenvalue weighted by Crippen LogP contribution is 2.08. The first-order valence-corrected chi connectivity index (χ1v) is 5.70. The second kappa shape index (κ2) is 5.47. The second-order valence-corrected chi connectivity index (χ2v) is 4.58. The Kier molecular flexibility index (Phi) is 4.54. The van der Waals surface area contributed by atoms with E-state index >= 15 is 0 Å². The lowest BCUT2D eigenvalue weighted by atomic mass is 10.3. The summed E-state index contributed by atoms with van der Waals surface area (Å²) in [5.74, 6) is 0.234. The highest BCUT2D eigenvalue weighted by Gasteiger charge is 2.22. The quantitative estimate of drug-likeness (QED) is 0.735. The number of aliphatic hydroxyl groups is 1. The monoisotopic (exact) mass is 214 g/mol. The number of aliphatic hydroxyl groups excluding tert-OH is 1. The van der Waals surface area contributed by atoms with Gasteiger partial charge < -0.3 is 10.0 Å². The SMILES string of the molecule is CC(O)CN1CCC(=O)N(C(C)C)CC1. The average molecular weight is 214 g/mol. The standard InChI is InChI=1S/C11H22N2O2/c1-9(2)13-7-6-12(8-10(3)14)5-4-11(13)15/h9-10,14H,4-8H2,1-3H3. The number of rotatable bonds is 3. The van der Waals surface area contributed by atoms with E-state index < -0.39 is 0 Å². The second-order valence-electron chi connectivity index (χ2n) is 4.58. The van der Waals surface area contributed by atoms with Crippen LogP contribution in [0.25, 0.3) is 0 Å². The van der Waals surface area contributed by atoms with Gasteiger partial charge in [-0.05, 0) is 20.8 Å². The van der Waals surface area contributed by atoms with Crippen molar-refractivity contribution >= 4 is 5.91 Å². The molecular weight excluding hydrogens is 192 g/mol. The number of carbonyl (C=O) groups is 1. The third-order valence-corrected chi connectivity index (χ3v) is 2.77. The van der Waals surface area contributed by atoms with Crippen LogP contribution in [0.5, 0.6) is 0 Å². The van der Waals surface area contributed by atoms with Gasteiger partial charge in [0.2, 0.25) is 5.91 Å². The van der Waals surface area contributed by atoms with E-state index in [1.807, 2.05) is 18.7 Å². The van der Waals surface area contributed by atoms with Crippen LogP contribution in [0, 0.1) is 0 Å². The van der Waals surface area contributed by atoms with Gasteiger partial charge in [0.15, 0.2) is 0 Å². The number of amides is 1. The van der Waals surface area contributed by atoms with Crippen molar-refractivity contribution in [1.82, 2.24) is 9.80 Å². The van der Waals surface area contributed by atoms with Crippen molar-refractivity contribution in [1.29, 1.82) is 0 Å². The Morgan fingerprint density at radius 3 is 2.47 bits per heavy atom. The Labute approximate surface area is 91.9 Å². The minimum absolute atomic E-state index is 0.234. The van der Waals surface area contributed by atoms with Crippen LogP contribution >= 0.6 is 0 Å². The zero-order chi connectivity index (χ0) is 11.4. The largest absolute Gasteiger partial charge is 0.392 e. The Morgan fingerprint density at radius 2 is 1.93 bits per heavy atom. The summed E-state index contributed by atoms with van der Waals surface area (Å²) in [4.78, 5) is 15.8. The van der Waals surface area contributed by atoms with Gasteiger partial charge in [-0.2, -0.15) is 0 Å². The molecule has 4 nitrogen and oxygen atoms in total. The highest BCUT2D eigenvalue weighted by molar-refractivity contribution is 5.76. The van der Waals surface area contributed by atoms with E-state index in [-0.39, 0.29) is 18.1 Å². The molecule has 1 fully saturated rings. The van der Waals surface area contributed by atoms with E-state index in [1.165, 1.54) is 0 Å². The molecule has 1 N–H and O–H groups in total. The molecule has 0 saturated carbocycles. The molecular formula is C11H22N2O2.